The zero-order valence-electron chi connectivity index (χ0n) is 14.9. The molecule has 132 valence electrons. The Morgan fingerprint density at radius 3 is 2.81 bits per heavy atom. The van der Waals surface area contributed by atoms with E-state index in [0.29, 0.717) is 18.5 Å². The summed E-state index contributed by atoms with van der Waals surface area (Å²) >= 11 is 0. The number of nitriles is 1. The first-order valence-electron chi connectivity index (χ1n) is 8.99. The highest BCUT2D eigenvalue weighted by Crippen LogP contribution is 2.42. The molecule has 6 heteroatoms. The van der Waals surface area contributed by atoms with Gasteiger partial charge in [-0.05, 0) is 36.6 Å². The number of hydrogen-bond acceptors (Lipinski definition) is 5. The van der Waals surface area contributed by atoms with Gasteiger partial charge in [0, 0.05) is 49.6 Å². The molecule has 2 aromatic rings. The molecule has 1 atom stereocenters. The van der Waals surface area contributed by atoms with Crippen LogP contribution in [0, 0.1) is 16.7 Å². The molecular formula is C20H21N5O. The fourth-order valence-electron chi connectivity index (χ4n) is 3.95. The molecule has 4 rings (SSSR count). The second-order valence-electron chi connectivity index (χ2n) is 7.24. The molecule has 3 heterocycles. The molecule has 0 radical (unpaired) electrons. The smallest absolute Gasteiger partial charge is 0.227 e. The van der Waals surface area contributed by atoms with E-state index in [4.69, 9.17) is 5.26 Å². The normalized spacial score (nSPS) is 22.2. The van der Waals surface area contributed by atoms with Gasteiger partial charge in [-0.25, -0.2) is 9.97 Å². The second kappa shape index (κ2) is 6.41. The maximum absolute atomic E-state index is 12.7. The fraction of sp³-hybridized carbons (Fsp3) is 0.400. The van der Waals surface area contributed by atoms with Gasteiger partial charge in [-0.2, -0.15) is 5.26 Å². The highest BCUT2D eigenvalue weighted by atomic mass is 16.2. The third kappa shape index (κ3) is 2.90. The molecule has 0 N–H and O–H groups in total. The number of carbonyl (C=O) groups is 1. The predicted molar refractivity (Wildman–Crippen MR) is 98.8 cm³/mol. The molecule has 1 amide bonds. The van der Waals surface area contributed by atoms with Crippen molar-refractivity contribution in [3.05, 3.63) is 47.8 Å². The Hall–Kier alpha value is -2.94. The average Bonchev–Trinajstić information content (AvgIpc) is 3.24. The lowest BCUT2D eigenvalue weighted by molar-refractivity contribution is -0.117. The number of aromatic nitrogens is 2. The summed E-state index contributed by atoms with van der Waals surface area (Å²) < 4.78 is 0. The third-order valence-corrected chi connectivity index (χ3v) is 5.43. The van der Waals surface area contributed by atoms with Gasteiger partial charge in [0.05, 0.1) is 11.6 Å². The highest BCUT2D eigenvalue weighted by molar-refractivity contribution is 5.96. The zero-order chi connectivity index (χ0) is 18.1. The fourth-order valence-corrected chi connectivity index (χ4v) is 3.95. The van der Waals surface area contributed by atoms with Crippen molar-refractivity contribution >= 4 is 17.5 Å². The molecule has 0 aliphatic carbocycles. The van der Waals surface area contributed by atoms with Crippen molar-refractivity contribution in [2.45, 2.75) is 26.2 Å². The van der Waals surface area contributed by atoms with E-state index in [1.165, 1.54) is 0 Å². The maximum Gasteiger partial charge on any atom is 0.227 e. The summed E-state index contributed by atoms with van der Waals surface area (Å²) in [6.45, 7) is 4.43. The Morgan fingerprint density at radius 1 is 1.27 bits per heavy atom. The van der Waals surface area contributed by atoms with Crippen LogP contribution in [0.4, 0.5) is 11.6 Å². The first-order chi connectivity index (χ1) is 12.6. The second-order valence-corrected chi connectivity index (χ2v) is 7.24. The number of aryl methyl sites for hydroxylation is 1. The Bertz CT molecular complexity index is 873. The van der Waals surface area contributed by atoms with Crippen molar-refractivity contribution in [2.24, 2.45) is 5.41 Å². The molecule has 1 aromatic heterocycles. The molecule has 2 saturated heterocycles. The van der Waals surface area contributed by atoms with E-state index in [1.807, 2.05) is 29.4 Å². The van der Waals surface area contributed by atoms with E-state index in [9.17, 15) is 4.79 Å². The van der Waals surface area contributed by atoms with Crippen LogP contribution in [0.2, 0.25) is 0 Å². The number of benzene rings is 1. The molecule has 1 aromatic carbocycles. The molecule has 6 nitrogen and oxygen atoms in total. The minimum absolute atomic E-state index is 0.0630. The minimum atomic E-state index is -0.0630. The quantitative estimate of drug-likeness (QED) is 0.853. The summed E-state index contributed by atoms with van der Waals surface area (Å²) in [6.07, 6.45) is 6.18. The largest absolute Gasteiger partial charge is 0.340 e. The Morgan fingerprint density at radius 2 is 2.08 bits per heavy atom. The maximum atomic E-state index is 12.7. The van der Waals surface area contributed by atoms with Crippen molar-refractivity contribution in [3.63, 3.8) is 0 Å². The van der Waals surface area contributed by atoms with Gasteiger partial charge in [-0.15, -0.1) is 0 Å². The summed E-state index contributed by atoms with van der Waals surface area (Å²) in [5, 5.41) is 9.10. The van der Waals surface area contributed by atoms with Crippen LogP contribution < -0.4 is 9.80 Å². The van der Waals surface area contributed by atoms with Crippen LogP contribution in [0.5, 0.6) is 0 Å². The number of nitrogens with zero attached hydrogens (tertiary/aromatic N) is 5. The van der Waals surface area contributed by atoms with Crippen molar-refractivity contribution in [2.75, 3.05) is 29.4 Å². The van der Waals surface area contributed by atoms with Gasteiger partial charge in [0.25, 0.3) is 0 Å². The molecule has 2 aliphatic heterocycles. The molecular weight excluding hydrogens is 326 g/mol. The van der Waals surface area contributed by atoms with Gasteiger partial charge >= 0.3 is 0 Å². The Labute approximate surface area is 153 Å². The lowest BCUT2D eigenvalue weighted by Gasteiger charge is -2.24. The number of rotatable bonds is 3. The van der Waals surface area contributed by atoms with Crippen LogP contribution >= 0.6 is 0 Å². The number of anilines is 2. The average molecular weight is 347 g/mol. The Kier molecular flexibility index (Phi) is 4.08. The van der Waals surface area contributed by atoms with Crippen molar-refractivity contribution in [3.8, 4) is 6.07 Å². The highest BCUT2D eigenvalue weighted by Gasteiger charge is 2.48. The van der Waals surface area contributed by atoms with Crippen LogP contribution in [0.1, 0.15) is 30.9 Å². The van der Waals surface area contributed by atoms with Crippen molar-refractivity contribution in [1.29, 1.82) is 5.26 Å². The standard InChI is InChI=1S/C20H21N5O/c1-2-15-11-22-19(23-12-15)24-7-6-20(13-24)9-18(26)25(14-20)17-5-3-4-16(8-17)10-21/h3-5,8,11-12H,2,6-7,9,13-14H2,1H3. The summed E-state index contributed by atoms with van der Waals surface area (Å²) in [4.78, 5) is 25.6. The summed E-state index contributed by atoms with van der Waals surface area (Å²) in [7, 11) is 0. The van der Waals surface area contributed by atoms with E-state index in [-0.39, 0.29) is 11.3 Å². The predicted octanol–water partition coefficient (Wildman–Crippen LogP) is 2.54. The van der Waals surface area contributed by atoms with Crippen LogP contribution in [0.25, 0.3) is 0 Å². The van der Waals surface area contributed by atoms with Crippen LogP contribution in [-0.2, 0) is 11.2 Å². The first-order valence-corrected chi connectivity index (χ1v) is 8.99. The molecule has 0 bridgehead atoms. The molecule has 26 heavy (non-hydrogen) atoms. The van der Waals surface area contributed by atoms with E-state index in [1.54, 1.807) is 12.1 Å². The number of hydrogen-bond donors (Lipinski definition) is 0. The van der Waals surface area contributed by atoms with E-state index < -0.39 is 0 Å². The lowest BCUT2D eigenvalue weighted by atomic mass is 9.86. The molecule has 2 fully saturated rings. The molecule has 1 unspecified atom stereocenters. The Balaban J connectivity index is 1.51. The zero-order valence-corrected chi connectivity index (χ0v) is 14.9. The van der Waals surface area contributed by atoms with Gasteiger partial charge < -0.3 is 9.80 Å². The lowest BCUT2D eigenvalue weighted by Crippen LogP contribution is -2.31. The summed E-state index contributed by atoms with van der Waals surface area (Å²) in [5.74, 6) is 0.876. The van der Waals surface area contributed by atoms with Crippen molar-refractivity contribution < 1.29 is 4.79 Å². The van der Waals surface area contributed by atoms with Gasteiger partial charge in [-0.3, -0.25) is 4.79 Å². The van der Waals surface area contributed by atoms with Crippen LogP contribution in [0.15, 0.2) is 36.7 Å². The van der Waals surface area contributed by atoms with E-state index >= 15 is 0 Å². The van der Waals surface area contributed by atoms with Crippen LogP contribution in [0.3, 0.4) is 0 Å². The topological polar surface area (TPSA) is 73.1 Å². The van der Waals surface area contributed by atoms with Crippen LogP contribution in [-0.4, -0.2) is 35.5 Å². The minimum Gasteiger partial charge on any atom is -0.340 e. The third-order valence-electron chi connectivity index (χ3n) is 5.43. The SMILES string of the molecule is CCc1cnc(N2CCC3(CC(=O)N(c4cccc(C#N)c4)C3)C2)nc1. The van der Waals surface area contributed by atoms with E-state index in [2.05, 4.69) is 27.9 Å². The first kappa shape index (κ1) is 16.5. The summed E-state index contributed by atoms with van der Waals surface area (Å²) in [5.41, 5.74) is 2.45. The van der Waals surface area contributed by atoms with Gasteiger partial charge in [0.2, 0.25) is 11.9 Å². The monoisotopic (exact) mass is 347 g/mol. The van der Waals surface area contributed by atoms with Gasteiger partial charge in [-0.1, -0.05) is 13.0 Å². The molecule has 1 spiro atoms. The number of amides is 1. The summed E-state index contributed by atoms with van der Waals surface area (Å²) in [6, 6.07) is 9.42. The van der Waals surface area contributed by atoms with Crippen molar-refractivity contribution in [1.82, 2.24) is 9.97 Å². The van der Waals surface area contributed by atoms with Gasteiger partial charge in [0.1, 0.15) is 0 Å². The molecule has 2 aliphatic rings. The van der Waals surface area contributed by atoms with Gasteiger partial charge in [0.15, 0.2) is 0 Å². The molecule has 0 saturated carbocycles. The number of carbonyl (C=O) groups excluding carboxylic acids is 1. The van der Waals surface area contributed by atoms with E-state index in [0.717, 1.165) is 43.1 Å².